The molecule has 1 heterocycles. The highest BCUT2D eigenvalue weighted by Gasteiger charge is 2.31. The van der Waals surface area contributed by atoms with Crippen molar-refractivity contribution >= 4 is 46.3 Å². The van der Waals surface area contributed by atoms with Crippen molar-refractivity contribution in [3.05, 3.63) is 40.3 Å². The van der Waals surface area contributed by atoms with Crippen molar-refractivity contribution in [2.75, 3.05) is 13.2 Å². The van der Waals surface area contributed by atoms with Crippen molar-refractivity contribution in [2.24, 2.45) is 0 Å². The van der Waals surface area contributed by atoms with E-state index in [0.717, 1.165) is 31.2 Å². The predicted molar refractivity (Wildman–Crippen MR) is 111 cm³/mol. The number of hydrogen-bond acceptors (Lipinski definition) is 5. The lowest BCUT2D eigenvalue weighted by molar-refractivity contribution is -0.143. The largest absolute Gasteiger partial charge is 0.466 e. The molecule has 0 radical (unpaired) electrons. The van der Waals surface area contributed by atoms with Crippen LogP contribution in [-0.2, 0) is 14.3 Å². The number of thioether (sulfide) groups is 1. The Morgan fingerprint density at radius 3 is 2.65 bits per heavy atom. The first kappa shape index (κ1) is 20.6. The van der Waals surface area contributed by atoms with Crippen LogP contribution in [0, 0.1) is 6.92 Å². The fourth-order valence-electron chi connectivity index (χ4n) is 2.51. The Morgan fingerprint density at radius 1 is 1.23 bits per heavy atom. The van der Waals surface area contributed by atoms with E-state index in [1.807, 2.05) is 44.2 Å². The van der Waals surface area contributed by atoms with Crippen molar-refractivity contribution in [1.29, 1.82) is 0 Å². The summed E-state index contributed by atoms with van der Waals surface area (Å²) in [6.07, 6.45) is 5.64. The number of carbonyl (C=O) groups excluding carboxylic acids is 2. The molecule has 26 heavy (non-hydrogen) atoms. The molecular weight excluding hydrogens is 366 g/mol. The zero-order chi connectivity index (χ0) is 18.9. The number of carbonyl (C=O) groups is 2. The monoisotopic (exact) mass is 391 g/mol. The summed E-state index contributed by atoms with van der Waals surface area (Å²) in [6, 6.07) is 8.05. The van der Waals surface area contributed by atoms with Gasteiger partial charge >= 0.3 is 5.97 Å². The third-order valence-corrected chi connectivity index (χ3v) is 5.36. The Morgan fingerprint density at radius 2 is 1.96 bits per heavy atom. The number of esters is 1. The third-order valence-electron chi connectivity index (χ3n) is 3.98. The summed E-state index contributed by atoms with van der Waals surface area (Å²) >= 11 is 6.71. The van der Waals surface area contributed by atoms with Crippen LogP contribution in [0.5, 0.6) is 0 Å². The van der Waals surface area contributed by atoms with Gasteiger partial charge in [-0.2, -0.15) is 0 Å². The molecule has 0 aromatic heterocycles. The number of ether oxygens (including phenoxy) is 1. The van der Waals surface area contributed by atoms with Crippen LogP contribution in [0.3, 0.4) is 0 Å². The van der Waals surface area contributed by atoms with Crippen LogP contribution < -0.4 is 0 Å². The third kappa shape index (κ3) is 6.25. The van der Waals surface area contributed by atoms with E-state index in [2.05, 4.69) is 0 Å². The van der Waals surface area contributed by atoms with Gasteiger partial charge in [-0.25, -0.2) is 0 Å². The number of rotatable bonds is 9. The summed E-state index contributed by atoms with van der Waals surface area (Å²) < 4.78 is 5.66. The maximum atomic E-state index is 12.6. The Bertz CT molecular complexity index is 683. The molecular formula is C20H25NO3S2. The summed E-state index contributed by atoms with van der Waals surface area (Å²) in [5, 5.41) is 0. The second-order valence-corrected chi connectivity index (χ2v) is 7.95. The van der Waals surface area contributed by atoms with Gasteiger partial charge in [0.25, 0.3) is 5.91 Å². The molecule has 1 amide bonds. The molecule has 1 aliphatic heterocycles. The standard InChI is InChI=1S/C20H25NO3S2/c1-3-13-24-18(22)7-5-4-6-12-21-19(23)17(26-20(21)25)14-16-10-8-15(2)9-11-16/h8-11,14H,3-7,12-13H2,1-2H3. The van der Waals surface area contributed by atoms with Gasteiger partial charge in [-0.3, -0.25) is 14.5 Å². The fourth-order valence-corrected chi connectivity index (χ4v) is 3.82. The molecule has 1 aromatic rings. The zero-order valence-electron chi connectivity index (χ0n) is 15.3. The summed E-state index contributed by atoms with van der Waals surface area (Å²) in [5.41, 5.74) is 2.19. The van der Waals surface area contributed by atoms with Gasteiger partial charge in [0.1, 0.15) is 4.32 Å². The van der Waals surface area contributed by atoms with Crippen molar-refractivity contribution in [3.8, 4) is 0 Å². The van der Waals surface area contributed by atoms with Crippen LogP contribution in [-0.4, -0.2) is 34.2 Å². The first-order chi connectivity index (χ1) is 12.5. The van der Waals surface area contributed by atoms with E-state index in [1.54, 1.807) is 4.90 Å². The second-order valence-electron chi connectivity index (χ2n) is 6.28. The van der Waals surface area contributed by atoms with E-state index in [4.69, 9.17) is 17.0 Å². The molecule has 1 aliphatic rings. The quantitative estimate of drug-likeness (QED) is 0.264. The van der Waals surface area contributed by atoms with Gasteiger partial charge in [0, 0.05) is 13.0 Å². The molecule has 6 heteroatoms. The molecule has 4 nitrogen and oxygen atoms in total. The minimum absolute atomic E-state index is 0.0251. The summed E-state index contributed by atoms with van der Waals surface area (Å²) in [4.78, 5) is 26.3. The molecule has 1 fully saturated rings. The van der Waals surface area contributed by atoms with Crippen molar-refractivity contribution in [2.45, 2.75) is 46.0 Å². The average Bonchev–Trinajstić information content (AvgIpc) is 2.88. The molecule has 140 valence electrons. The van der Waals surface area contributed by atoms with E-state index in [9.17, 15) is 9.59 Å². The molecule has 0 aliphatic carbocycles. The molecule has 0 unspecified atom stereocenters. The SMILES string of the molecule is CCCOC(=O)CCCCCN1C(=O)C(=Cc2ccc(C)cc2)SC1=S. The molecule has 1 aromatic carbocycles. The van der Waals surface area contributed by atoms with Gasteiger partial charge in [0.2, 0.25) is 0 Å². The number of thiocarbonyl (C=S) groups is 1. The highest BCUT2D eigenvalue weighted by Crippen LogP contribution is 2.32. The Labute approximate surface area is 165 Å². The maximum absolute atomic E-state index is 12.6. The van der Waals surface area contributed by atoms with Crippen LogP contribution in [0.4, 0.5) is 0 Å². The lowest BCUT2D eigenvalue weighted by Crippen LogP contribution is -2.29. The van der Waals surface area contributed by atoms with E-state index < -0.39 is 0 Å². The second kappa shape index (κ2) is 10.5. The smallest absolute Gasteiger partial charge is 0.305 e. The van der Waals surface area contributed by atoms with Crippen LogP contribution >= 0.6 is 24.0 Å². The lowest BCUT2D eigenvalue weighted by atomic mass is 10.1. The normalized spacial score (nSPS) is 15.8. The summed E-state index contributed by atoms with van der Waals surface area (Å²) in [5.74, 6) is -0.165. The molecule has 0 spiro atoms. The van der Waals surface area contributed by atoms with E-state index in [0.29, 0.717) is 28.8 Å². The van der Waals surface area contributed by atoms with Crippen molar-refractivity contribution < 1.29 is 14.3 Å². The predicted octanol–water partition coefficient (Wildman–Crippen LogP) is 4.71. The molecule has 0 bridgehead atoms. The summed E-state index contributed by atoms with van der Waals surface area (Å²) in [6.45, 7) is 5.10. The number of nitrogens with zero attached hydrogens (tertiary/aromatic N) is 1. The van der Waals surface area contributed by atoms with Crippen LogP contribution in [0.15, 0.2) is 29.2 Å². The van der Waals surface area contributed by atoms with Gasteiger partial charge in [-0.05, 0) is 37.8 Å². The van der Waals surface area contributed by atoms with Gasteiger partial charge < -0.3 is 4.74 Å². The first-order valence-electron chi connectivity index (χ1n) is 8.99. The van der Waals surface area contributed by atoms with E-state index >= 15 is 0 Å². The Kier molecular flexibility index (Phi) is 8.32. The highest BCUT2D eigenvalue weighted by atomic mass is 32.2. The van der Waals surface area contributed by atoms with Crippen LogP contribution in [0.25, 0.3) is 6.08 Å². The van der Waals surface area contributed by atoms with Crippen molar-refractivity contribution in [1.82, 2.24) is 4.90 Å². The maximum Gasteiger partial charge on any atom is 0.305 e. The van der Waals surface area contributed by atoms with Crippen molar-refractivity contribution in [3.63, 3.8) is 0 Å². The zero-order valence-corrected chi connectivity index (χ0v) is 17.0. The molecule has 0 N–H and O–H groups in total. The molecule has 1 saturated heterocycles. The topological polar surface area (TPSA) is 46.6 Å². The van der Waals surface area contributed by atoms with Gasteiger partial charge in [0.15, 0.2) is 0 Å². The minimum atomic E-state index is -0.140. The molecule has 2 rings (SSSR count). The minimum Gasteiger partial charge on any atom is -0.466 e. The molecule has 0 atom stereocenters. The molecule has 0 saturated carbocycles. The lowest BCUT2D eigenvalue weighted by Gasteiger charge is -2.14. The highest BCUT2D eigenvalue weighted by molar-refractivity contribution is 8.26. The average molecular weight is 392 g/mol. The van der Waals surface area contributed by atoms with Gasteiger partial charge in [-0.15, -0.1) is 0 Å². The summed E-state index contributed by atoms with van der Waals surface area (Å²) in [7, 11) is 0. The van der Waals surface area contributed by atoms with Crippen LogP contribution in [0.2, 0.25) is 0 Å². The Balaban J connectivity index is 1.78. The van der Waals surface area contributed by atoms with Gasteiger partial charge in [0.05, 0.1) is 11.5 Å². The fraction of sp³-hybridized carbons (Fsp3) is 0.450. The number of aryl methyl sites for hydroxylation is 1. The Hall–Kier alpha value is -1.66. The number of benzene rings is 1. The first-order valence-corrected chi connectivity index (χ1v) is 10.2. The van der Waals surface area contributed by atoms with Gasteiger partial charge in [-0.1, -0.05) is 67.2 Å². The van der Waals surface area contributed by atoms with E-state index in [-0.39, 0.29) is 11.9 Å². The number of amides is 1. The number of unbranched alkanes of at least 4 members (excludes halogenated alkanes) is 2. The van der Waals surface area contributed by atoms with Crippen LogP contribution in [0.1, 0.15) is 50.2 Å². The van der Waals surface area contributed by atoms with E-state index in [1.165, 1.54) is 17.3 Å². The number of hydrogen-bond donors (Lipinski definition) is 0.